The van der Waals surface area contributed by atoms with Crippen molar-refractivity contribution in [2.24, 2.45) is 5.10 Å². The molecule has 0 unspecified atom stereocenters. The third-order valence-corrected chi connectivity index (χ3v) is 2.58. The summed E-state index contributed by atoms with van der Waals surface area (Å²) in [5, 5.41) is 7.63. The van der Waals surface area contributed by atoms with Gasteiger partial charge in [-0.1, -0.05) is 0 Å². The third kappa shape index (κ3) is 5.13. The van der Waals surface area contributed by atoms with Crippen molar-refractivity contribution in [3.63, 3.8) is 0 Å². The van der Waals surface area contributed by atoms with Crippen LogP contribution in [0.3, 0.4) is 0 Å². The van der Waals surface area contributed by atoms with Gasteiger partial charge in [-0.15, -0.1) is 0 Å². The molecule has 4 nitrogen and oxygen atoms in total. The van der Waals surface area contributed by atoms with Crippen molar-refractivity contribution in [2.75, 3.05) is 7.11 Å². The number of halogens is 1. The van der Waals surface area contributed by atoms with Gasteiger partial charge in [-0.05, 0) is 58.1 Å². The SMILES string of the molecule is COc1ccc(/C(C)=N\NC(=S)NC(C)(C)C)cc1F. The number of thiocarbonyl (C=S) groups is 1. The van der Waals surface area contributed by atoms with Gasteiger partial charge in [0.2, 0.25) is 0 Å². The first kappa shape index (κ1) is 16.4. The second kappa shape index (κ2) is 6.65. The van der Waals surface area contributed by atoms with Crippen molar-refractivity contribution in [2.45, 2.75) is 33.2 Å². The summed E-state index contributed by atoms with van der Waals surface area (Å²) < 4.78 is 18.5. The van der Waals surface area contributed by atoms with Crippen LogP contribution in [0.15, 0.2) is 23.3 Å². The van der Waals surface area contributed by atoms with Gasteiger partial charge in [0, 0.05) is 11.1 Å². The van der Waals surface area contributed by atoms with E-state index in [0.29, 0.717) is 16.4 Å². The molecule has 0 amide bonds. The molecule has 0 atom stereocenters. The van der Waals surface area contributed by atoms with Gasteiger partial charge in [-0.3, -0.25) is 5.43 Å². The highest BCUT2D eigenvalue weighted by Gasteiger charge is 2.10. The summed E-state index contributed by atoms with van der Waals surface area (Å²) in [6.07, 6.45) is 0. The van der Waals surface area contributed by atoms with Crippen LogP contribution in [0.2, 0.25) is 0 Å². The van der Waals surface area contributed by atoms with E-state index >= 15 is 0 Å². The molecular weight excluding hydrogens is 277 g/mol. The zero-order valence-corrected chi connectivity index (χ0v) is 13.2. The van der Waals surface area contributed by atoms with Crippen LogP contribution in [0.1, 0.15) is 33.3 Å². The molecular formula is C14H20FN3OS. The average molecular weight is 297 g/mol. The molecule has 0 aliphatic heterocycles. The zero-order valence-electron chi connectivity index (χ0n) is 12.4. The van der Waals surface area contributed by atoms with Crippen LogP contribution in [-0.4, -0.2) is 23.5 Å². The Hall–Kier alpha value is -1.69. The standard InChI is InChI=1S/C14H20FN3OS/c1-9(17-18-13(20)16-14(2,3)4)10-6-7-12(19-5)11(15)8-10/h6-8H,1-5H3,(H2,16,18,20)/b17-9-. The highest BCUT2D eigenvalue weighted by molar-refractivity contribution is 7.80. The van der Waals surface area contributed by atoms with Gasteiger partial charge >= 0.3 is 0 Å². The first-order chi connectivity index (χ1) is 9.23. The average Bonchev–Trinajstić information content (AvgIpc) is 2.33. The summed E-state index contributed by atoms with van der Waals surface area (Å²) in [6, 6.07) is 4.68. The maximum Gasteiger partial charge on any atom is 0.187 e. The van der Waals surface area contributed by atoms with E-state index in [9.17, 15) is 4.39 Å². The molecule has 0 spiro atoms. The number of hydrogen-bond acceptors (Lipinski definition) is 3. The molecule has 0 heterocycles. The van der Waals surface area contributed by atoms with Gasteiger partial charge in [-0.2, -0.15) is 5.10 Å². The first-order valence-electron chi connectivity index (χ1n) is 6.19. The van der Waals surface area contributed by atoms with E-state index in [2.05, 4.69) is 15.8 Å². The Kier molecular flexibility index (Phi) is 5.44. The summed E-state index contributed by atoms with van der Waals surface area (Å²) in [4.78, 5) is 0. The lowest BCUT2D eigenvalue weighted by Gasteiger charge is -2.21. The van der Waals surface area contributed by atoms with E-state index in [1.807, 2.05) is 20.8 Å². The highest BCUT2D eigenvalue weighted by atomic mass is 32.1. The molecule has 0 aliphatic carbocycles. The Balaban J connectivity index is 2.74. The molecule has 0 aliphatic rings. The van der Waals surface area contributed by atoms with Crippen molar-refractivity contribution in [1.29, 1.82) is 0 Å². The van der Waals surface area contributed by atoms with Crippen LogP contribution in [0.4, 0.5) is 4.39 Å². The Morgan fingerprint density at radius 3 is 2.50 bits per heavy atom. The minimum atomic E-state index is -0.421. The van der Waals surface area contributed by atoms with Gasteiger partial charge < -0.3 is 10.1 Å². The van der Waals surface area contributed by atoms with Crippen LogP contribution in [0, 0.1) is 5.82 Å². The lowest BCUT2D eigenvalue weighted by molar-refractivity contribution is 0.386. The van der Waals surface area contributed by atoms with Crippen molar-refractivity contribution >= 4 is 23.0 Å². The normalized spacial score (nSPS) is 12.0. The summed E-state index contributed by atoms with van der Waals surface area (Å²) >= 11 is 5.11. The van der Waals surface area contributed by atoms with E-state index in [1.54, 1.807) is 19.1 Å². The molecule has 2 N–H and O–H groups in total. The summed E-state index contributed by atoms with van der Waals surface area (Å²) in [6.45, 7) is 7.76. The quantitative estimate of drug-likeness (QED) is 0.511. The first-order valence-corrected chi connectivity index (χ1v) is 6.60. The minimum Gasteiger partial charge on any atom is -0.494 e. The Bertz CT molecular complexity index is 524. The summed E-state index contributed by atoms with van der Waals surface area (Å²) in [5.74, 6) is -0.214. The topological polar surface area (TPSA) is 45.6 Å². The Morgan fingerprint density at radius 2 is 2.00 bits per heavy atom. The molecule has 0 saturated carbocycles. The van der Waals surface area contributed by atoms with Gasteiger partial charge in [-0.25, -0.2) is 4.39 Å². The number of methoxy groups -OCH3 is 1. The zero-order chi connectivity index (χ0) is 15.3. The van der Waals surface area contributed by atoms with Crippen LogP contribution in [0.25, 0.3) is 0 Å². The third-order valence-electron chi connectivity index (χ3n) is 2.38. The van der Waals surface area contributed by atoms with Crippen molar-refractivity contribution in [3.05, 3.63) is 29.6 Å². The van der Waals surface area contributed by atoms with Gasteiger partial charge in [0.25, 0.3) is 0 Å². The number of nitrogens with zero attached hydrogens (tertiary/aromatic N) is 1. The smallest absolute Gasteiger partial charge is 0.187 e. The van der Waals surface area contributed by atoms with Gasteiger partial charge in [0.1, 0.15) is 0 Å². The van der Waals surface area contributed by atoms with Gasteiger partial charge in [0.15, 0.2) is 16.7 Å². The number of rotatable bonds is 3. The number of hydrogen-bond donors (Lipinski definition) is 2. The molecule has 1 aromatic carbocycles. The lowest BCUT2D eigenvalue weighted by atomic mass is 10.1. The maximum absolute atomic E-state index is 13.6. The molecule has 110 valence electrons. The molecule has 0 fully saturated rings. The van der Waals surface area contributed by atoms with E-state index in [-0.39, 0.29) is 11.3 Å². The fourth-order valence-corrected chi connectivity index (χ4v) is 1.81. The Labute approximate surface area is 124 Å². The highest BCUT2D eigenvalue weighted by Crippen LogP contribution is 2.17. The fraction of sp³-hybridized carbons (Fsp3) is 0.429. The number of hydrazone groups is 1. The molecule has 0 bridgehead atoms. The van der Waals surface area contributed by atoms with E-state index in [4.69, 9.17) is 17.0 Å². The lowest BCUT2D eigenvalue weighted by Crippen LogP contribution is -2.44. The second-order valence-electron chi connectivity index (χ2n) is 5.36. The van der Waals surface area contributed by atoms with Crippen LogP contribution in [0.5, 0.6) is 5.75 Å². The van der Waals surface area contributed by atoms with Crippen molar-refractivity contribution < 1.29 is 9.13 Å². The maximum atomic E-state index is 13.6. The summed E-state index contributed by atoms with van der Waals surface area (Å²) in [5.41, 5.74) is 3.89. The van der Waals surface area contributed by atoms with Crippen molar-refractivity contribution in [3.8, 4) is 5.75 Å². The monoisotopic (exact) mass is 297 g/mol. The molecule has 0 radical (unpaired) electrons. The fourth-order valence-electron chi connectivity index (χ4n) is 1.46. The van der Waals surface area contributed by atoms with Crippen molar-refractivity contribution in [1.82, 2.24) is 10.7 Å². The molecule has 1 rings (SSSR count). The van der Waals surface area contributed by atoms with Crippen LogP contribution in [-0.2, 0) is 0 Å². The number of nitrogens with one attached hydrogen (secondary N) is 2. The predicted octanol–water partition coefficient (Wildman–Crippen LogP) is 2.82. The van der Waals surface area contributed by atoms with Crippen LogP contribution >= 0.6 is 12.2 Å². The number of benzene rings is 1. The predicted molar refractivity (Wildman–Crippen MR) is 83.8 cm³/mol. The largest absolute Gasteiger partial charge is 0.494 e. The minimum absolute atomic E-state index is 0.139. The second-order valence-corrected chi connectivity index (χ2v) is 5.77. The van der Waals surface area contributed by atoms with E-state index < -0.39 is 5.82 Å². The molecule has 0 saturated heterocycles. The number of ether oxygens (including phenoxy) is 1. The molecule has 20 heavy (non-hydrogen) atoms. The van der Waals surface area contributed by atoms with E-state index in [0.717, 1.165) is 0 Å². The van der Waals surface area contributed by atoms with E-state index in [1.165, 1.54) is 13.2 Å². The Morgan fingerprint density at radius 1 is 1.35 bits per heavy atom. The van der Waals surface area contributed by atoms with Crippen LogP contribution < -0.4 is 15.5 Å². The molecule has 1 aromatic rings. The molecule has 0 aromatic heterocycles. The van der Waals surface area contributed by atoms with Gasteiger partial charge in [0.05, 0.1) is 12.8 Å². The summed E-state index contributed by atoms with van der Waals surface area (Å²) in [7, 11) is 1.43. The molecule has 6 heteroatoms.